The lowest BCUT2D eigenvalue weighted by molar-refractivity contribution is -0.383. The van der Waals surface area contributed by atoms with Gasteiger partial charge >= 0.3 is 12.1 Å². The van der Waals surface area contributed by atoms with Gasteiger partial charge in [0.1, 0.15) is 17.4 Å². The highest BCUT2D eigenvalue weighted by Gasteiger charge is 2.31. The van der Waals surface area contributed by atoms with E-state index < -0.39 is 40.7 Å². The van der Waals surface area contributed by atoms with Gasteiger partial charge in [-0.2, -0.15) is 13.2 Å². The number of nitro benzene ring substituents is 1. The summed E-state index contributed by atoms with van der Waals surface area (Å²) in [4.78, 5) is 22.8. The highest BCUT2D eigenvalue weighted by atomic mass is 35.5. The van der Waals surface area contributed by atoms with Crippen molar-refractivity contribution in [2.24, 2.45) is 5.41 Å². The summed E-state index contributed by atoms with van der Waals surface area (Å²) in [7, 11) is -2.87. The fourth-order valence-corrected chi connectivity index (χ4v) is 5.33. The average molecular weight is 540 g/mol. The number of carbonyl (C=O) groups is 1. The third-order valence-corrected chi connectivity index (χ3v) is 7.88. The number of hydrogen-bond acceptors (Lipinski definition) is 7. The maximum absolute atomic E-state index is 12.9. The molecule has 2 rings (SSSR count). The molecule has 0 radical (unpaired) electrons. The lowest BCUT2D eigenvalue weighted by Gasteiger charge is -2.16. The summed E-state index contributed by atoms with van der Waals surface area (Å²) in [5.74, 6) is -0.834. The van der Waals surface area contributed by atoms with E-state index in [2.05, 4.69) is 0 Å². The molecule has 0 saturated heterocycles. The monoisotopic (exact) mass is 539 g/mol. The largest absolute Gasteiger partial charge is 0.455 e. The molecular formula is C21H22ClF3NO6PS. The van der Waals surface area contributed by atoms with Crippen LogP contribution in [-0.2, 0) is 26.7 Å². The van der Waals surface area contributed by atoms with E-state index in [1.807, 2.05) is 0 Å². The summed E-state index contributed by atoms with van der Waals surface area (Å²) in [6.07, 6.45) is -4.31. The molecule has 13 heteroatoms. The van der Waals surface area contributed by atoms with Gasteiger partial charge in [-0.15, -0.1) is 0 Å². The van der Waals surface area contributed by atoms with E-state index in [0.29, 0.717) is 11.6 Å². The van der Waals surface area contributed by atoms with Crippen molar-refractivity contribution in [2.75, 3.05) is 5.94 Å². The van der Waals surface area contributed by atoms with Gasteiger partial charge in [0.2, 0.25) is 0 Å². The SMILES string of the molecule is CCc1cc([N+](=O)[O-])c([PH](=O)SCOC(=O)C(C)(C)C)cc1Oc1ccc(C(F)(F)F)cc1Cl. The van der Waals surface area contributed by atoms with Gasteiger partial charge in [0, 0.05) is 11.6 Å². The molecule has 0 spiro atoms. The molecule has 186 valence electrons. The maximum atomic E-state index is 12.9. The standard InChI is InChI=1S/C21H22ClF3NO6PS/c1-5-12-8-15(26(28)29)18(33(30)34-11-31-19(27)20(2,3)4)10-17(12)32-16-7-6-13(9-14(16)22)21(23,24)25/h6-10,33H,5,11H2,1-4H3. The lowest BCUT2D eigenvalue weighted by Crippen LogP contribution is -2.22. The number of nitro groups is 1. The highest BCUT2D eigenvalue weighted by molar-refractivity contribution is 8.53. The smallest absolute Gasteiger partial charge is 0.416 e. The van der Waals surface area contributed by atoms with Crippen LogP contribution in [0.5, 0.6) is 11.5 Å². The van der Waals surface area contributed by atoms with E-state index in [1.165, 1.54) is 12.1 Å². The number of alkyl halides is 3. The highest BCUT2D eigenvalue weighted by Crippen LogP contribution is 2.43. The van der Waals surface area contributed by atoms with Crippen LogP contribution in [0.4, 0.5) is 18.9 Å². The number of carbonyl (C=O) groups excluding carboxylic acids is 1. The number of nitrogens with zero attached hydrogens (tertiary/aromatic N) is 1. The summed E-state index contributed by atoms with van der Waals surface area (Å²) in [5, 5.41) is 11.1. The Balaban J connectivity index is 2.37. The molecule has 0 aromatic heterocycles. The minimum absolute atomic E-state index is 0.0652. The Morgan fingerprint density at radius 2 is 1.82 bits per heavy atom. The van der Waals surface area contributed by atoms with Gasteiger partial charge in [-0.3, -0.25) is 14.9 Å². The van der Waals surface area contributed by atoms with Crippen molar-refractivity contribution in [1.82, 2.24) is 0 Å². The van der Waals surface area contributed by atoms with Crippen molar-refractivity contribution < 1.29 is 36.9 Å². The van der Waals surface area contributed by atoms with Crippen LogP contribution in [0.1, 0.15) is 38.8 Å². The van der Waals surface area contributed by atoms with Crippen molar-refractivity contribution in [2.45, 2.75) is 40.3 Å². The van der Waals surface area contributed by atoms with Gasteiger partial charge in [-0.05, 0) is 51.5 Å². The zero-order valence-corrected chi connectivity index (χ0v) is 21.2. The Labute approximate surface area is 203 Å². The summed E-state index contributed by atoms with van der Waals surface area (Å²) >= 11 is 6.69. The molecule has 34 heavy (non-hydrogen) atoms. The van der Waals surface area contributed by atoms with Crippen LogP contribution in [-0.4, -0.2) is 16.8 Å². The normalized spacial score (nSPS) is 12.8. The van der Waals surface area contributed by atoms with Gasteiger partial charge in [-0.1, -0.05) is 29.9 Å². The Bertz CT molecular complexity index is 1120. The predicted molar refractivity (Wildman–Crippen MR) is 126 cm³/mol. The quantitative estimate of drug-likeness (QED) is 0.117. The number of hydrogen-bond donors (Lipinski definition) is 0. The first-order valence-corrected chi connectivity index (χ1v) is 13.3. The molecule has 0 bridgehead atoms. The van der Waals surface area contributed by atoms with Crippen LogP contribution in [0, 0.1) is 15.5 Å². The topological polar surface area (TPSA) is 95.7 Å². The summed E-state index contributed by atoms with van der Waals surface area (Å²) in [6.45, 7) is 6.64. The number of benzene rings is 2. The molecule has 1 atom stereocenters. The molecule has 2 aromatic carbocycles. The van der Waals surface area contributed by atoms with Crippen molar-refractivity contribution in [3.63, 3.8) is 0 Å². The molecule has 0 saturated carbocycles. The fourth-order valence-electron chi connectivity index (χ4n) is 2.61. The zero-order chi connectivity index (χ0) is 25.8. The van der Waals surface area contributed by atoms with Crippen molar-refractivity contribution in [1.29, 1.82) is 0 Å². The van der Waals surface area contributed by atoms with Crippen LogP contribution in [0.3, 0.4) is 0 Å². The fraction of sp³-hybridized carbons (Fsp3) is 0.381. The van der Waals surface area contributed by atoms with Crippen molar-refractivity contribution >= 4 is 46.9 Å². The lowest BCUT2D eigenvalue weighted by atomic mass is 9.98. The maximum Gasteiger partial charge on any atom is 0.416 e. The number of esters is 1. The molecule has 0 heterocycles. The van der Waals surface area contributed by atoms with E-state index >= 15 is 0 Å². The Morgan fingerprint density at radius 3 is 2.32 bits per heavy atom. The van der Waals surface area contributed by atoms with Gasteiger partial charge in [0.25, 0.3) is 5.69 Å². The summed E-state index contributed by atoms with van der Waals surface area (Å²) in [5.41, 5.74) is -1.77. The second-order valence-corrected chi connectivity index (χ2v) is 12.1. The van der Waals surface area contributed by atoms with Gasteiger partial charge in [0.05, 0.1) is 26.2 Å². The molecule has 7 nitrogen and oxygen atoms in total. The second kappa shape index (κ2) is 11.0. The third-order valence-electron chi connectivity index (χ3n) is 4.45. The van der Waals surface area contributed by atoms with Crippen molar-refractivity contribution in [3.05, 3.63) is 56.6 Å². The minimum atomic E-state index is -4.59. The third kappa shape index (κ3) is 7.13. The van der Waals surface area contributed by atoms with Crippen LogP contribution in [0.25, 0.3) is 0 Å². The Morgan fingerprint density at radius 1 is 1.18 bits per heavy atom. The molecule has 0 aliphatic carbocycles. The van der Waals surface area contributed by atoms with Crippen LogP contribution < -0.4 is 10.0 Å². The first-order chi connectivity index (χ1) is 15.6. The van der Waals surface area contributed by atoms with Gasteiger partial charge in [-0.25, -0.2) is 0 Å². The molecule has 0 N–H and O–H groups in total. The van der Waals surface area contributed by atoms with E-state index in [1.54, 1.807) is 27.7 Å². The van der Waals surface area contributed by atoms with Crippen LogP contribution in [0.15, 0.2) is 30.3 Å². The minimum Gasteiger partial charge on any atom is -0.455 e. The zero-order valence-electron chi connectivity index (χ0n) is 18.6. The number of aryl methyl sites for hydroxylation is 1. The molecule has 0 aliphatic heterocycles. The van der Waals surface area contributed by atoms with Crippen molar-refractivity contribution in [3.8, 4) is 11.5 Å². The molecule has 0 amide bonds. The number of ether oxygens (including phenoxy) is 2. The summed E-state index contributed by atoms with van der Waals surface area (Å²) in [6, 6.07) is 4.95. The van der Waals surface area contributed by atoms with Gasteiger partial charge < -0.3 is 14.0 Å². The Kier molecular flexibility index (Phi) is 9.07. The van der Waals surface area contributed by atoms with E-state index in [0.717, 1.165) is 23.5 Å². The predicted octanol–water partition coefficient (Wildman–Crippen LogP) is 7.00. The molecular weight excluding hydrogens is 518 g/mol. The second-order valence-electron chi connectivity index (χ2n) is 8.06. The average Bonchev–Trinajstić information content (AvgIpc) is 2.72. The first-order valence-electron chi connectivity index (χ1n) is 9.85. The summed E-state index contributed by atoms with van der Waals surface area (Å²) < 4.78 is 62.3. The Hall–Kier alpha value is -2.23. The molecule has 1 unspecified atom stereocenters. The van der Waals surface area contributed by atoms with E-state index in [9.17, 15) is 32.6 Å². The van der Waals surface area contributed by atoms with Crippen LogP contribution >= 0.6 is 30.0 Å². The number of rotatable bonds is 8. The first kappa shape index (κ1) is 28.0. The van der Waals surface area contributed by atoms with E-state index in [-0.39, 0.29) is 34.2 Å². The van der Waals surface area contributed by atoms with E-state index in [4.69, 9.17) is 21.1 Å². The van der Waals surface area contributed by atoms with Gasteiger partial charge in [0.15, 0.2) is 7.00 Å². The molecule has 2 aromatic rings. The molecule has 0 fully saturated rings. The van der Waals surface area contributed by atoms with Crippen LogP contribution in [0.2, 0.25) is 5.02 Å². The molecule has 0 aliphatic rings. The number of halogens is 4.